The van der Waals surface area contributed by atoms with E-state index in [1.807, 2.05) is 31.2 Å². The summed E-state index contributed by atoms with van der Waals surface area (Å²) in [4.78, 5) is 36.6. The van der Waals surface area contributed by atoms with Crippen molar-refractivity contribution in [1.29, 1.82) is 0 Å². The van der Waals surface area contributed by atoms with E-state index >= 15 is 0 Å². The van der Waals surface area contributed by atoms with Crippen LogP contribution in [0, 0.1) is 6.92 Å². The van der Waals surface area contributed by atoms with E-state index in [4.69, 9.17) is 4.74 Å². The van der Waals surface area contributed by atoms with Gasteiger partial charge in [0.1, 0.15) is 0 Å². The first kappa shape index (κ1) is 19.3. The lowest BCUT2D eigenvalue weighted by atomic mass is 10.2. The summed E-state index contributed by atoms with van der Waals surface area (Å²) >= 11 is 1.36. The molecule has 1 aliphatic rings. The van der Waals surface area contributed by atoms with Gasteiger partial charge in [0.25, 0.3) is 5.91 Å². The molecule has 1 saturated carbocycles. The first-order valence-corrected chi connectivity index (χ1v) is 9.43. The van der Waals surface area contributed by atoms with Crippen LogP contribution in [0.25, 0.3) is 0 Å². The molecule has 0 bridgehead atoms. The minimum atomic E-state index is -1.01. The van der Waals surface area contributed by atoms with Gasteiger partial charge in [-0.2, -0.15) is 0 Å². The molecule has 7 heteroatoms. The summed E-state index contributed by atoms with van der Waals surface area (Å²) in [6.45, 7) is 3.42. The van der Waals surface area contributed by atoms with Gasteiger partial charge in [-0.1, -0.05) is 31.0 Å². The molecule has 0 spiro atoms. The molecular formula is C18H24N2O4S. The van der Waals surface area contributed by atoms with Crippen molar-refractivity contribution in [2.75, 3.05) is 5.75 Å². The van der Waals surface area contributed by atoms with E-state index in [2.05, 4.69) is 10.6 Å². The maximum atomic E-state index is 11.9. The quantitative estimate of drug-likeness (QED) is 0.599. The number of amides is 3. The zero-order valence-electron chi connectivity index (χ0n) is 14.5. The Labute approximate surface area is 152 Å². The van der Waals surface area contributed by atoms with Crippen LogP contribution in [-0.4, -0.2) is 35.8 Å². The molecule has 25 heavy (non-hydrogen) atoms. The third kappa shape index (κ3) is 6.42. The number of urea groups is 1. The number of hydrogen-bond donors (Lipinski definition) is 2. The normalized spacial score (nSPS) is 15.4. The number of nitrogens with one attached hydrogen (secondary N) is 2. The molecule has 6 nitrogen and oxygen atoms in total. The molecule has 1 fully saturated rings. The molecule has 136 valence electrons. The van der Waals surface area contributed by atoms with Crippen molar-refractivity contribution in [3.8, 4) is 0 Å². The van der Waals surface area contributed by atoms with Crippen LogP contribution in [-0.2, 0) is 14.3 Å². The van der Waals surface area contributed by atoms with Gasteiger partial charge in [-0.15, -0.1) is 11.8 Å². The Kier molecular flexibility index (Phi) is 7.31. The maximum absolute atomic E-state index is 11.9. The number of hydrogen-bond acceptors (Lipinski definition) is 5. The van der Waals surface area contributed by atoms with Crippen LogP contribution in [0.3, 0.4) is 0 Å². The lowest BCUT2D eigenvalue weighted by Gasteiger charge is -2.15. The first-order valence-electron chi connectivity index (χ1n) is 8.45. The Morgan fingerprint density at radius 1 is 1.24 bits per heavy atom. The maximum Gasteiger partial charge on any atom is 0.321 e. The summed E-state index contributed by atoms with van der Waals surface area (Å²) in [5, 5.41) is 4.98. The molecule has 1 atom stereocenters. The zero-order chi connectivity index (χ0) is 18.2. The molecular weight excluding hydrogens is 340 g/mol. The number of ether oxygens (including phenoxy) is 1. The predicted octanol–water partition coefficient (Wildman–Crippen LogP) is 2.79. The second kappa shape index (κ2) is 9.46. The second-order valence-corrected chi connectivity index (χ2v) is 7.15. The third-order valence-corrected chi connectivity index (χ3v) is 5.19. The minimum absolute atomic E-state index is 0.108. The molecule has 0 unspecified atom stereocenters. The van der Waals surface area contributed by atoms with E-state index < -0.39 is 24.0 Å². The first-order chi connectivity index (χ1) is 12.0. The average molecular weight is 364 g/mol. The van der Waals surface area contributed by atoms with Crippen LogP contribution in [0.1, 0.15) is 38.2 Å². The SMILES string of the molecule is Cc1ccccc1SCC(=O)O[C@@H](C)C(=O)NC(=O)NC1CCCC1. The number of esters is 1. The van der Waals surface area contributed by atoms with Gasteiger partial charge in [-0.3, -0.25) is 14.9 Å². The van der Waals surface area contributed by atoms with E-state index in [1.54, 1.807) is 0 Å². The van der Waals surface area contributed by atoms with Gasteiger partial charge in [-0.25, -0.2) is 4.79 Å². The number of carbonyl (C=O) groups is 3. The molecule has 1 aliphatic carbocycles. The molecule has 0 saturated heterocycles. The van der Waals surface area contributed by atoms with Crippen molar-refractivity contribution in [1.82, 2.24) is 10.6 Å². The summed E-state index contributed by atoms with van der Waals surface area (Å²) in [6.07, 6.45) is 3.03. The summed E-state index contributed by atoms with van der Waals surface area (Å²) in [7, 11) is 0. The van der Waals surface area contributed by atoms with Crippen molar-refractivity contribution < 1.29 is 19.1 Å². The van der Waals surface area contributed by atoms with E-state index in [-0.39, 0.29) is 11.8 Å². The van der Waals surface area contributed by atoms with Crippen LogP contribution in [0.15, 0.2) is 29.2 Å². The van der Waals surface area contributed by atoms with Crippen LogP contribution in [0.2, 0.25) is 0 Å². The van der Waals surface area contributed by atoms with Gasteiger partial charge < -0.3 is 10.1 Å². The third-order valence-electron chi connectivity index (χ3n) is 4.04. The molecule has 1 aromatic rings. The van der Waals surface area contributed by atoms with Crippen LogP contribution in [0.5, 0.6) is 0 Å². The lowest BCUT2D eigenvalue weighted by Crippen LogP contribution is -2.47. The topological polar surface area (TPSA) is 84.5 Å². The summed E-state index contributed by atoms with van der Waals surface area (Å²) in [5.41, 5.74) is 1.08. The van der Waals surface area contributed by atoms with Crippen molar-refractivity contribution in [3.63, 3.8) is 0 Å². The number of benzene rings is 1. The van der Waals surface area contributed by atoms with Crippen molar-refractivity contribution >= 4 is 29.7 Å². The molecule has 2 rings (SSSR count). The summed E-state index contributed by atoms with van der Waals surface area (Å²) in [5.74, 6) is -1.01. The lowest BCUT2D eigenvalue weighted by molar-refractivity contribution is -0.151. The van der Waals surface area contributed by atoms with Crippen LogP contribution in [0.4, 0.5) is 4.79 Å². The highest BCUT2D eigenvalue weighted by molar-refractivity contribution is 8.00. The zero-order valence-corrected chi connectivity index (χ0v) is 15.4. The van der Waals surface area contributed by atoms with Gasteiger partial charge >= 0.3 is 12.0 Å². The highest BCUT2D eigenvalue weighted by Crippen LogP contribution is 2.22. The van der Waals surface area contributed by atoms with Gasteiger partial charge in [0.2, 0.25) is 0 Å². The van der Waals surface area contributed by atoms with Crippen molar-refractivity contribution in [2.24, 2.45) is 0 Å². The van der Waals surface area contributed by atoms with Crippen LogP contribution < -0.4 is 10.6 Å². The van der Waals surface area contributed by atoms with E-state index in [0.29, 0.717) is 0 Å². The van der Waals surface area contributed by atoms with Gasteiger partial charge in [-0.05, 0) is 38.3 Å². The molecule has 0 aliphatic heterocycles. The largest absolute Gasteiger partial charge is 0.452 e. The number of carbonyl (C=O) groups excluding carboxylic acids is 3. The summed E-state index contributed by atoms with van der Waals surface area (Å²) < 4.78 is 5.09. The average Bonchev–Trinajstić information content (AvgIpc) is 3.06. The fraction of sp³-hybridized carbons (Fsp3) is 0.500. The monoisotopic (exact) mass is 364 g/mol. The Hall–Kier alpha value is -2.02. The fourth-order valence-electron chi connectivity index (χ4n) is 2.64. The Balaban J connectivity index is 1.71. The predicted molar refractivity (Wildman–Crippen MR) is 96.4 cm³/mol. The van der Waals surface area contributed by atoms with Crippen molar-refractivity contribution in [2.45, 2.75) is 56.6 Å². The number of imide groups is 1. The molecule has 3 amide bonds. The van der Waals surface area contributed by atoms with E-state index in [0.717, 1.165) is 36.1 Å². The fourth-order valence-corrected chi connectivity index (χ4v) is 3.46. The van der Waals surface area contributed by atoms with Gasteiger partial charge in [0.15, 0.2) is 6.10 Å². The highest BCUT2D eigenvalue weighted by Gasteiger charge is 2.22. The number of aryl methyl sites for hydroxylation is 1. The molecule has 0 radical (unpaired) electrons. The highest BCUT2D eigenvalue weighted by atomic mass is 32.2. The Morgan fingerprint density at radius 2 is 1.92 bits per heavy atom. The van der Waals surface area contributed by atoms with Crippen molar-refractivity contribution in [3.05, 3.63) is 29.8 Å². The van der Waals surface area contributed by atoms with Crippen LogP contribution >= 0.6 is 11.8 Å². The molecule has 2 N–H and O–H groups in total. The molecule has 1 aromatic carbocycles. The molecule has 0 heterocycles. The standard InChI is InChI=1S/C18H24N2O4S/c1-12-7-3-6-10-15(12)25-11-16(21)24-13(2)17(22)20-18(23)19-14-8-4-5-9-14/h3,6-7,10,13-14H,4-5,8-9,11H2,1-2H3,(H2,19,20,22,23)/t13-/m0/s1. The Bertz CT molecular complexity index is 629. The minimum Gasteiger partial charge on any atom is -0.452 e. The van der Waals surface area contributed by atoms with Gasteiger partial charge in [0, 0.05) is 10.9 Å². The number of thioether (sulfide) groups is 1. The summed E-state index contributed by atoms with van der Waals surface area (Å²) in [6, 6.07) is 7.31. The van der Waals surface area contributed by atoms with Gasteiger partial charge in [0.05, 0.1) is 5.75 Å². The van der Waals surface area contributed by atoms with E-state index in [1.165, 1.54) is 18.7 Å². The Morgan fingerprint density at radius 3 is 2.60 bits per heavy atom. The molecule has 0 aromatic heterocycles. The smallest absolute Gasteiger partial charge is 0.321 e. The van der Waals surface area contributed by atoms with E-state index in [9.17, 15) is 14.4 Å². The number of rotatable bonds is 6. The second-order valence-electron chi connectivity index (χ2n) is 6.13.